The molecular weight excluding hydrogens is 226 g/mol. The number of nitrogens with one attached hydrogen (secondary N) is 2. The van der Waals surface area contributed by atoms with E-state index in [0.717, 1.165) is 12.1 Å². The van der Waals surface area contributed by atoms with Crippen LogP contribution in [0.2, 0.25) is 0 Å². The molecule has 1 atom stereocenters. The Kier molecular flexibility index (Phi) is 3.43. The molecule has 0 amide bonds. The fourth-order valence-electron chi connectivity index (χ4n) is 1.52. The van der Waals surface area contributed by atoms with Crippen LogP contribution in [0.1, 0.15) is 24.4 Å². The van der Waals surface area contributed by atoms with E-state index in [1.54, 1.807) is 6.92 Å². The molecule has 0 radical (unpaired) electrons. The van der Waals surface area contributed by atoms with Crippen LogP contribution in [0.25, 0.3) is 0 Å². The molecule has 2 aromatic rings. The summed E-state index contributed by atoms with van der Waals surface area (Å²) in [5, 5.41) is 9.40. The zero-order chi connectivity index (χ0) is 12.3. The number of hydrogen-bond acceptors (Lipinski definition) is 3. The number of aromatic amines is 1. The van der Waals surface area contributed by atoms with Gasteiger partial charge in [0.2, 0.25) is 0 Å². The summed E-state index contributed by atoms with van der Waals surface area (Å²) in [4.78, 5) is 3.92. The van der Waals surface area contributed by atoms with Crippen molar-refractivity contribution in [1.82, 2.24) is 20.5 Å². The Bertz CT molecular complexity index is 484. The molecule has 0 spiro atoms. The number of halogens is 2. The van der Waals surface area contributed by atoms with Gasteiger partial charge in [-0.05, 0) is 25.1 Å². The summed E-state index contributed by atoms with van der Waals surface area (Å²) >= 11 is 0. The lowest BCUT2D eigenvalue weighted by molar-refractivity contribution is 0.512. The quantitative estimate of drug-likeness (QED) is 0.855. The third-order valence-electron chi connectivity index (χ3n) is 2.47. The van der Waals surface area contributed by atoms with Crippen LogP contribution in [0, 0.1) is 11.6 Å². The number of benzene rings is 1. The van der Waals surface area contributed by atoms with Crippen molar-refractivity contribution in [3.63, 3.8) is 0 Å². The van der Waals surface area contributed by atoms with Gasteiger partial charge >= 0.3 is 0 Å². The van der Waals surface area contributed by atoms with E-state index in [0.29, 0.717) is 17.9 Å². The summed E-state index contributed by atoms with van der Waals surface area (Å²) in [5.74, 6) is -0.229. The van der Waals surface area contributed by atoms with Gasteiger partial charge in [-0.2, -0.15) is 5.10 Å². The molecule has 6 heteroatoms. The predicted octanol–water partition coefficient (Wildman–Crippen LogP) is 1.93. The van der Waals surface area contributed by atoms with Gasteiger partial charge in [0.05, 0.1) is 6.54 Å². The number of aromatic nitrogens is 3. The molecule has 4 nitrogen and oxygen atoms in total. The highest BCUT2D eigenvalue weighted by Crippen LogP contribution is 2.18. The van der Waals surface area contributed by atoms with Crippen molar-refractivity contribution in [2.45, 2.75) is 19.5 Å². The first-order valence-corrected chi connectivity index (χ1v) is 5.19. The lowest BCUT2D eigenvalue weighted by Crippen LogP contribution is -2.20. The maximum Gasteiger partial charge on any atom is 0.138 e. The number of nitrogens with zero attached hydrogens (tertiary/aromatic N) is 2. The minimum absolute atomic E-state index is 0.296. The minimum atomic E-state index is -0.449. The van der Waals surface area contributed by atoms with Gasteiger partial charge in [-0.3, -0.25) is 5.10 Å². The van der Waals surface area contributed by atoms with E-state index in [4.69, 9.17) is 0 Å². The molecule has 1 aromatic heterocycles. The van der Waals surface area contributed by atoms with Crippen molar-refractivity contribution in [1.29, 1.82) is 0 Å². The third kappa shape index (κ3) is 2.85. The van der Waals surface area contributed by atoms with Crippen molar-refractivity contribution < 1.29 is 8.78 Å². The molecule has 2 N–H and O–H groups in total. The van der Waals surface area contributed by atoms with Gasteiger partial charge < -0.3 is 5.32 Å². The normalized spacial score (nSPS) is 12.6. The summed E-state index contributed by atoms with van der Waals surface area (Å²) in [5.41, 5.74) is 0.296. The lowest BCUT2D eigenvalue weighted by atomic mass is 10.1. The zero-order valence-corrected chi connectivity index (χ0v) is 9.24. The second-order valence-electron chi connectivity index (χ2n) is 3.70. The molecule has 0 saturated carbocycles. The van der Waals surface area contributed by atoms with Crippen LogP contribution < -0.4 is 5.32 Å². The summed E-state index contributed by atoms with van der Waals surface area (Å²) < 4.78 is 26.4. The molecule has 0 aliphatic carbocycles. The SMILES string of the molecule is CC(NCc1ncn[nH]1)c1cc(F)ccc1F. The Morgan fingerprint density at radius 3 is 2.94 bits per heavy atom. The van der Waals surface area contributed by atoms with Gasteiger partial charge in [0.25, 0.3) is 0 Å². The first-order chi connectivity index (χ1) is 8.16. The van der Waals surface area contributed by atoms with E-state index in [9.17, 15) is 8.78 Å². The van der Waals surface area contributed by atoms with Gasteiger partial charge in [0.1, 0.15) is 23.8 Å². The smallest absolute Gasteiger partial charge is 0.138 e. The van der Waals surface area contributed by atoms with Crippen LogP contribution in [-0.4, -0.2) is 15.2 Å². The highest BCUT2D eigenvalue weighted by Gasteiger charge is 2.11. The molecule has 2 rings (SSSR count). The van der Waals surface area contributed by atoms with E-state index in [1.807, 2.05) is 0 Å². The highest BCUT2D eigenvalue weighted by atomic mass is 19.1. The number of hydrogen-bond donors (Lipinski definition) is 2. The molecule has 1 aromatic carbocycles. The highest BCUT2D eigenvalue weighted by molar-refractivity contribution is 5.21. The number of rotatable bonds is 4. The second kappa shape index (κ2) is 5.01. The predicted molar refractivity (Wildman–Crippen MR) is 58.0 cm³/mol. The summed E-state index contributed by atoms with van der Waals surface area (Å²) in [6.07, 6.45) is 1.39. The lowest BCUT2D eigenvalue weighted by Gasteiger charge is -2.14. The van der Waals surface area contributed by atoms with E-state index in [2.05, 4.69) is 20.5 Å². The summed E-state index contributed by atoms with van der Waals surface area (Å²) in [6.45, 7) is 2.17. The van der Waals surface area contributed by atoms with E-state index in [-0.39, 0.29) is 6.04 Å². The molecule has 90 valence electrons. The van der Waals surface area contributed by atoms with E-state index >= 15 is 0 Å². The van der Waals surface area contributed by atoms with Crippen molar-refractivity contribution in [3.05, 3.63) is 47.5 Å². The topological polar surface area (TPSA) is 53.6 Å². The largest absolute Gasteiger partial charge is 0.303 e. The Labute approximate surface area is 97.1 Å². The molecule has 0 aliphatic heterocycles. The molecule has 1 heterocycles. The fraction of sp³-hybridized carbons (Fsp3) is 0.273. The minimum Gasteiger partial charge on any atom is -0.303 e. The summed E-state index contributed by atoms with van der Waals surface area (Å²) in [6, 6.07) is 3.10. The summed E-state index contributed by atoms with van der Waals surface area (Å²) in [7, 11) is 0. The van der Waals surface area contributed by atoms with Crippen LogP contribution in [0.5, 0.6) is 0 Å². The third-order valence-corrected chi connectivity index (χ3v) is 2.47. The van der Waals surface area contributed by atoms with Crippen LogP contribution >= 0.6 is 0 Å². The fourth-order valence-corrected chi connectivity index (χ4v) is 1.52. The Morgan fingerprint density at radius 2 is 2.24 bits per heavy atom. The average molecular weight is 238 g/mol. The van der Waals surface area contributed by atoms with Crippen LogP contribution in [0.3, 0.4) is 0 Å². The van der Waals surface area contributed by atoms with Crippen molar-refractivity contribution in [2.75, 3.05) is 0 Å². The van der Waals surface area contributed by atoms with Crippen LogP contribution in [0.15, 0.2) is 24.5 Å². The van der Waals surface area contributed by atoms with Gasteiger partial charge in [-0.25, -0.2) is 13.8 Å². The average Bonchev–Trinajstić information content (AvgIpc) is 2.82. The first-order valence-electron chi connectivity index (χ1n) is 5.19. The van der Waals surface area contributed by atoms with Crippen LogP contribution in [0.4, 0.5) is 8.78 Å². The zero-order valence-electron chi connectivity index (χ0n) is 9.24. The van der Waals surface area contributed by atoms with E-state index in [1.165, 1.54) is 12.4 Å². The van der Waals surface area contributed by atoms with Crippen LogP contribution in [-0.2, 0) is 6.54 Å². The molecular formula is C11H12F2N4. The van der Waals surface area contributed by atoms with Gasteiger partial charge in [-0.1, -0.05) is 0 Å². The van der Waals surface area contributed by atoms with Gasteiger partial charge in [0.15, 0.2) is 0 Å². The van der Waals surface area contributed by atoms with Crippen molar-refractivity contribution >= 4 is 0 Å². The Hall–Kier alpha value is -1.82. The second-order valence-corrected chi connectivity index (χ2v) is 3.70. The number of H-pyrrole nitrogens is 1. The Morgan fingerprint density at radius 1 is 1.41 bits per heavy atom. The maximum absolute atomic E-state index is 13.4. The molecule has 0 aliphatic rings. The maximum atomic E-state index is 13.4. The van der Waals surface area contributed by atoms with Crippen molar-refractivity contribution in [3.8, 4) is 0 Å². The Balaban J connectivity index is 2.04. The van der Waals surface area contributed by atoms with Gasteiger partial charge in [0, 0.05) is 11.6 Å². The molecule has 1 unspecified atom stereocenters. The standard InChI is InChI=1S/C11H12F2N4/c1-7(14-5-11-15-6-16-17-11)9-4-8(12)2-3-10(9)13/h2-4,6-7,14H,5H2,1H3,(H,15,16,17). The monoisotopic (exact) mass is 238 g/mol. The molecule has 0 fully saturated rings. The van der Waals surface area contributed by atoms with Gasteiger partial charge in [-0.15, -0.1) is 0 Å². The molecule has 0 bridgehead atoms. The molecule has 0 saturated heterocycles. The molecule has 17 heavy (non-hydrogen) atoms. The van der Waals surface area contributed by atoms with Crippen molar-refractivity contribution in [2.24, 2.45) is 0 Å². The first kappa shape index (κ1) is 11.7. The van der Waals surface area contributed by atoms with E-state index < -0.39 is 11.6 Å².